The highest BCUT2D eigenvalue weighted by Gasteiger charge is 2.39. The minimum absolute atomic E-state index is 0.0627. The van der Waals surface area contributed by atoms with Crippen LogP contribution in [0.15, 0.2) is 17.2 Å². The van der Waals surface area contributed by atoms with E-state index < -0.39 is 10.0 Å². The smallest absolute Gasteiger partial charge is 0.242 e. The average Bonchev–Trinajstić information content (AvgIpc) is 3.06. The van der Waals surface area contributed by atoms with Gasteiger partial charge in [0.1, 0.15) is 10.7 Å². The first-order valence-electron chi connectivity index (χ1n) is 6.33. The Morgan fingerprint density at radius 3 is 2.84 bits per heavy atom. The maximum absolute atomic E-state index is 12.2. The zero-order chi connectivity index (χ0) is 14.0. The molecule has 1 aliphatic rings. The molecular formula is C12H18ClN3O2S. The Labute approximate surface area is 118 Å². The van der Waals surface area contributed by atoms with E-state index in [-0.39, 0.29) is 10.9 Å². The Morgan fingerprint density at radius 2 is 2.26 bits per heavy atom. The van der Waals surface area contributed by atoms with Crippen molar-refractivity contribution in [1.82, 2.24) is 9.71 Å². The molecule has 1 aliphatic carbocycles. The number of hydrogen-bond acceptors (Lipinski definition) is 4. The van der Waals surface area contributed by atoms with Gasteiger partial charge in [-0.2, -0.15) is 0 Å². The highest BCUT2D eigenvalue weighted by atomic mass is 35.5. The van der Waals surface area contributed by atoms with E-state index in [4.69, 9.17) is 11.6 Å². The number of anilines is 1. The SMILES string of the molecule is CCCC1CC1NS(=O)(=O)c1cnc(NC)c(Cl)c1. The number of sulfonamides is 1. The van der Waals surface area contributed by atoms with Crippen LogP contribution in [-0.4, -0.2) is 26.5 Å². The standard InChI is InChI=1S/C12H18ClN3O2S/c1-3-4-8-5-11(8)16-19(17,18)9-6-10(13)12(14-2)15-7-9/h6-8,11,16H,3-5H2,1-2H3,(H,14,15). The third kappa shape index (κ3) is 3.38. The van der Waals surface area contributed by atoms with Crippen molar-refractivity contribution in [2.45, 2.75) is 37.1 Å². The second-order valence-electron chi connectivity index (χ2n) is 4.76. The lowest BCUT2D eigenvalue weighted by molar-refractivity contribution is 0.572. The van der Waals surface area contributed by atoms with E-state index in [0.717, 1.165) is 19.3 Å². The van der Waals surface area contributed by atoms with Crippen LogP contribution in [0.4, 0.5) is 5.82 Å². The van der Waals surface area contributed by atoms with Gasteiger partial charge in [0.15, 0.2) is 0 Å². The van der Waals surface area contributed by atoms with Crippen molar-refractivity contribution in [3.05, 3.63) is 17.3 Å². The van der Waals surface area contributed by atoms with Gasteiger partial charge in [-0.15, -0.1) is 0 Å². The van der Waals surface area contributed by atoms with E-state index in [2.05, 4.69) is 21.9 Å². The summed E-state index contributed by atoms with van der Waals surface area (Å²) in [6.45, 7) is 2.10. The largest absolute Gasteiger partial charge is 0.372 e. The molecule has 106 valence electrons. The van der Waals surface area contributed by atoms with Crippen molar-refractivity contribution in [1.29, 1.82) is 0 Å². The summed E-state index contributed by atoms with van der Waals surface area (Å²) >= 11 is 5.95. The number of hydrogen-bond donors (Lipinski definition) is 2. The number of nitrogens with zero attached hydrogens (tertiary/aromatic N) is 1. The minimum atomic E-state index is -3.52. The first-order valence-corrected chi connectivity index (χ1v) is 8.19. The molecule has 0 aromatic carbocycles. The summed E-state index contributed by atoms with van der Waals surface area (Å²) in [5, 5.41) is 3.09. The predicted molar refractivity (Wildman–Crippen MR) is 75.9 cm³/mol. The highest BCUT2D eigenvalue weighted by molar-refractivity contribution is 7.89. The number of aromatic nitrogens is 1. The van der Waals surface area contributed by atoms with E-state index in [1.165, 1.54) is 12.3 Å². The average molecular weight is 304 g/mol. The van der Waals surface area contributed by atoms with E-state index in [9.17, 15) is 8.42 Å². The Hall–Kier alpha value is -0.850. The molecule has 1 heterocycles. The van der Waals surface area contributed by atoms with E-state index in [1.54, 1.807) is 7.05 Å². The normalized spacial score (nSPS) is 22.3. The number of halogens is 1. The fourth-order valence-corrected chi connectivity index (χ4v) is 3.71. The Balaban J connectivity index is 2.10. The maximum Gasteiger partial charge on any atom is 0.242 e. The molecule has 5 nitrogen and oxygen atoms in total. The quantitative estimate of drug-likeness (QED) is 0.845. The summed E-state index contributed by atoms with van der Waals surface area (Å²) in [4.78, 5) is 4.09. The summed E-state index contributed by atoms with van der Waals surface area (Å²) in [5.41, 5.74) is 0. The van der Waals surface area contributed by atoms with Crippen LogP contribution in [0.3, 0.4) is 0 Å². The number of rotatable bonds is 6. The van der Waals surface area contributed by atoms with Gasteiger partial charge in [0.2, 0.25) is 10.0 Å². The van der Waals surface area contributed by atoms with Crippen LogP contribution < -0.4 is 10.0 Å². The molecule has 1 saturated carbocycles. The summed E-state index contributed by atoms with van der Waals surface area (Å²) in [7, 11) is -1.84. The molecule has 1 fully saturated rings. The van der Waals surface area contributed by atoms with Crippen LogP contribution in [0.5, 0.6) is 0 Å². The van der Waals surface area contributed by atoms with E-state index >= 15 is 0 Å². The van der Waals surface area contributed by atoms with Gasteiger partial charge in [0.05, 0.1) is 5.02 Å². The van der Waals surface area contributed by atoms with Crippen LogP contribution in [0.1, 0.15) is 26.2 Å². The summed E-state index contributed by atoms with van der Waals surface area (Å²) in [5.74, 6) is 0.940. The fraction of sp³-hybridized carbons (Fsp3) is 0.583. The Bertz CT molecular complexity index is 562. The van der Waals surface area contributed by atoms with Gasteiger partial charge in [0.25, 0.3) is 0 Å². The lowest BCUT2D eigenvalue weighted by atomic mass is 10.2. The zero-order valence-electron chi connectivity index (χ0n) is 11.0. The van der Waals surface area contributed by atoms with E-state index in [1.807, 2.05) is 0 Å². The molecule has 0 amide bonds. The third-order valence-electron chi connectivity index (χ3n) is 3.25. The van der Waals surface area contributed by atoms with Gasteiger partial charge in [-0.05, 0) is 24.8 Å². The minimum Gasteiger partial charge on any atom is -0.372 e. The zero-order valence-corrected chi connectivity index (χ0v) is 12.6. The van der Waals surface area contributed by atoms with Gasteiger partial charge < -0.3 is 5.32 Å². The molecule has 2 atom stereocenters. The van der Waals surface area contributed by atoms with Crippen molar-refractivity contribution in [2.75, 3.05) is 12.4 Å². The van der Waals surface area contributed by atoms with Gasteiger partial charge in [-0.25, -0.2) is 18.1 Å². The molecule has 1 aromatic rings. The molecule has 0 spiro atoms. The second kappa shape index (κ2) is 5.64. The molecule has 0 aliphatic heterocycles. The Kier molecular flexibility index (Phi) is 4.32. The molecule has 7 heteroatoms. The van der Waals surface area contributed by atoms with E-state index in [0.29, 0.717) is 16.8 Å². The molecule has 2 rings (SSSR count). The topological polar surface area (TPSA) is 71.1 Å². The summed E-state index contributed by atoms with van der Waals surface area (Å²) in [6.07, 6.45) is 4.37. The number of nitrogens with one attached hydrogen (secondary N) is 2. The van der Waals surface area contributed by atoms with Crippen molar-refractivity contribution >= 4 is 27.4 Å². The molecule has 0 radical (unpaired) electrons. The third-order valence-corrected chi connectivity index (χ3v) is 5.00. The fourth-order valence-electron chi connectivity index (χ4n) is 2.10. The monoisotopic (exact) mass is 303 g/mol. The second-order valence-corrected chi connectivity index (χ2v) is 6.88. The van der Waals surface area contributed by atoms with Crippen LogP contribution >= 0.6 is 11.6 Å². The Morgan fingerprint density at radius 1 is 1.53 bits per heavy atom. The lowest BCUT2D eigenvalue weighted by Crippen LogP contribution is -2.27. The molecule has 2 unspecified atom stereocenters. The molecule has 0 saturated heterocycles. The predicted octanol–water partition coefficient (Wildman–Crippen LogP) is 2.24. The van der Waals surface area contributed by atoms with Crippen molar-refractivity contribution in [3.63, 3.8) is 0 Å². The number of pyridine rings is 1. The first kappa shape index (κ1) is 14.6. The van der Waals surface area contributed by atoms with Gasteiger partial charge in [-0.3, -0.25) is 0 Å². The van der Waals surface area contributed by atoms with Crippen molar-refractivity contribution in [3.8, 4) is 0 Å². The first-order chi connectivity index (χ1) is 8.97. The molecule has 19 heavy (non-hydrogen) atoms. The van der Waals surface area contributed by atoms with Crippen LogP contribution in [-0.2, 0) is 10.0 Å². The van der Waals surface area contributed by atoms with Gasteiger partial charge >= 0.3 is 0 Å². The van der Waals surface area contributed by atoms with Gasteiger partial charge in [-0.1, -0.05) is 24.9 Å². The van der Waals surface area contributed by atoms with Crippen molar-refractivity contribution in [2.24, 2.45) is 5.92 Å². The van der Waals surface area contributed by atoms with Crippen LogP contribution in [0, 0.1) is 5.92 Å². The molecular weight excluding hydrogens is 286 g/mol. The van der Waals surface area contributed by atoms with Crippen LogP contribution in [0.2, 0.25) is 5.02 Å². The van der Waals surface area contributed by atoms with Crippen LogP contribution in [0.25, 0.3) is 0 Å². The van der Waals surface area contributed by atoms with Crippen molar-refractivity contribution < 1.29 is 8.42 Å². The summed E-state index contributed by atoms with van der Waals surface area (Å²) in [6, 6.07) is 1.48. The summed E-state index contributed by atoms with van der Waals surface area (Å²) < 4.78 is 27.0. The molecule has 0 bridgehead atoms. The van der Waals surface area contributed by atoms with Gasteiger partial charge in [0, 0.05) is 19.3 Å². The lowest BCUT2D eigenvalue weighted by Gasteiger charge is -2.08. The maximum atomic E-state index is 12.2. The highest BCUT2D eigenvalue weighted by Crippen LogP contribution is 2.35. The molecule has 2 N–H and O–H groups in total. The molecule has 1 aromatic heterocycles.